The molecular formula is C13H15N3OS. The minimum absolute atomic E-state index is 0.411. The van der Waals surface area contributed by atoms with Gasteiger partial charge in [0.1, 0.15) is 5.75 Å². The van der Waals surface area contributed by atoms with Crippen LogP contribution in [0.1, 0.15) is 4.88 Å². The molecule has 4 nitrogen and oxygen atoms in total. The Morgan fingerprint density at radius 1 is 1.33 bits per heavy atom. The summed E-state index contributed by atoms with van der Waals surface area (Å²) in [6.07, 6.45) is 0. The second-order valence-electron chi connectivity index (χ2n) is 3.63. The summed E-state index contributed by atoms with van der Waals surface area (Å²) in [4.78, 5) is 5.46. The molecule has 5 heteroatoms. The van der Waals surface area contributed by atoms with Crippen molar-refractivity contribution in [1.29, 1.82) is 0 Å². The van der Waals surface area contributed by atoms with E-state index in [4.69, 9.17) is 10.5 Å². The van der Waals surface area contributed by atoms with E-state index in [2.05, 4.69) is 10.3 Å². The molecule has 0 aliphatic carbocycles. The number of nitrogens with zero attached hydrogens (tertiary/aromatic N) is 1. The van der Waals surface area contributed by atoms with E-state index in [1.54, 1.807) is 18.4 Å². The van der Waals surface area contributed by atoms with E-state index >= 15 is 0 Å². The number of aliphatic imine (C=N–C) groups is 1. The smallest absolute Gasteiger partial charge is 0.193 e. The molecule has 0 saturated heterocycles. The SMILES string of the molecule is COc1ccc(NC(N)=NCc2cccs2)cc1. The molecule has 94 valence electrons. The number of thiophene rings is 1. The largest absolute Gasteiger partial charge is 0.497 e. The van der Waals surface area contributed by atoms with Crippen molar-refractivity contribution in [2.75, 3.05) is 12.4 Å². The van der Waals surface area contributed by atoms with Crippen LogP contribution in [0.3, 0.4) is 0 Å². The molecule has 0 bridgehead atoms. The molecular weight excluding hydrogens is 246 g/mol. The third-order valence-electron chi connectivity index (χ3n) is 2.35. The fourth-order valence-corrected chi connectivity index (χ4v) is 2.06. The summed E-state index contributed by atoms with van der Waals surface area (Å²) in [5, 5.41) is 5.06. The Hall–Kier alpha value is -2.01. The predicted octanol–water partition coefficient (Wildman–Crippen LogP) is 2.68. The summed E-state index contributed by atoms with van der Waals surface area (Å²) in [6, 6.07) is 11.6. The summed E-state index contributed by atoms with van der Waals surface area (Å²) in [5.74, 6) is 1.23. The number of nitrogens with one attached hydrogen (secondary N) is 1. The van der Waals surface area contributed by atoms with Gasteiger partial charge in [0.2, 0.25) is 0 Å². The third kappa shape index (κ3) is 3.49. The zero-order valence-corrected chi connectivity index (χ0v) is 10.9. The zero-order valence-electron chi connectivity index (χ0n) is 10.1. The number of hydrogen-bond donors (Lipinski definition) is 2. The third-order valence-corrected chi connectivity index (χ3v) is 3.21. The van der Waals surface area contributed by atoms with Crippen LogP contribution in [0.4, 0.5) is 5.69 Å². The number of guanidine groups is 1. The van der Waals surface area contributed by atoms with E-state index in [0.717, 1.165) is 11.4 Å². The first-order valence-corrected chi connectivity index (χ1v) is 6.39. The molecule has 0 saturated carbocycles. The molecule has 0 aliphatic heterocycles. The number of anilines is 1. The maximum Gasteiger partial charge on any atom is 0.193 e. The highest BCUT2D eigenvalue weighted by molar-refractivity contribution is 7.09. The molecule has 1 aromatic carbocycles. The van der Waals surface area contributed by atoms with Crippen LogP contribution in [0.5, 0.6) is 5.75 Å². The lowest BCUT2D eigenvalue weighted by Gasteiger charge is -2.06. The van der Waals surface area contributed by atoms with Gasteiger partial charge >= 0.3 is 0 Å². The van der Waals surface area contributed by atoms with Crippen LogP contribution in [-0.2, 0) is 6.54 Å². The van der Waals surface area contributed by atoms with E-state index in [9.17, 15) is 0 Å². The normalized spacial score (nSPS) is 11.3. The minimum atomic E-state index is 0.411. The van der Waals surface area contributed by atoms with Gasteiger partial charge < -0.3 is 15.8 Å². The van der Waals surface area contributed by atoms with Crippen LogP contribution in [0.15, 0.2) is 46.8 Å². The molecule has 0 aliphatic rings. The fourth-order valence-electron chi connectivity index (χ4n) is 1.43. The molecule has 0 radical (unpaired) electrons. The van der Waals surface area contributed by atoms with Gasteiger partial charge in [0.05, 0.1) is 13.7 Å². The van der Waals surface area contributed by atoms with Crippen LogP contribution < -0.4 is 15.8 Å². The standard InChI is InChI=1S/C13H15N3OS/c1-17-11-6-4-10(5-7-11)16-13(14)15-9-12-3-2-8-18-12/h2-8H,9H2,1H3,(H3,14,15,16). The summed E-state index contributed by atoms with van der Waals surface area (Å²) < 4.78 is 5.08. The summed E-state index contributed by atoms with van der Waals surface area (Å²) in [7, 11) is 1.64. The highest BCUT2D eigenvalue weighted by Crippen LogP contribution is 2.15. The molecule has 0 spiro atoms. The van der Waals surface area contributed by atoms with Crippen LogP contribution >= 0.6 is 11.3 Å². The van der Waals surface area contributed by atoms with Crippen LogP contribution in [0.25, 0.3) is 0 Å². The van der Waals surface area contributed by atoms with Crippen LogP contribution in [0.2, 0.25) is 0 Å². The van der Waals surface area contributed by atoms with Crippen molar-refractivity contribution in [2.45, 2.75) is 6.54 Å². The van der Waals surface area contributed by atoms with Gasteiger partial charge in [-0.15, -0.1) is 11.3 Å². The highest BCUT2D eigenvalue weighted by atomic mass is 32.1. The highest BCUT2D eigenvalue weighted by Gasteiger charge is 1.97. The number of ether oxygens (including phenoxy) is 1. The van der Waals surface area contributed by atoms with Crippen LogP contribution in [0, 0.1) is 0 Å². The maximum atomic E-state index is 5.81. The quantitative estimate of drug-likeness (QED) is 0.657. The first-order chi connectivity index (χ1) is 8.78. The van der Waals surface area contributed by atoms with E-state index in [0.29, 0.717) is 12.5 Å². The Morgan fingerprint density at radius 2 is 2.11 bits per heavy atom. The van der Waals surface area contributed by atoms with Gasteiger partial charge in [0, 0.05) is 10.6 Å². The minimum Gasteiger partial charge on any atom is -0.497 e. The van der Waals surface area contributed by atoms with E-state index in [-0.39, 0.29) is 0 Å². The second-order valence-corrected chi connectivity index (χ2v) is 4.67. The molecule has 1 heterocycles. The summed E-state index contributed by atoms with van der Waals surface area (Å²) in [5.41, 5.74) is 6.70. The lowest BCUT2D eigenvalue weighted by Crippen LogP contribution is -2.22. The van der Waals surface area contributed by atoms with Gasteiger partial charge in [-0.1, -0.05) is 6.07 Å². The molecule has 18 heavy (non-hydrogen) atoms. The monoisotopic (exact) mass is 261 g/mol. The number of hydrogen-bond acceptors (Lipinski definition) is 3. The molecule has 1 aromatic heterocycles. The Bertz CT molecular complexity index is 506. The summed E-state index contributed by atoms with van der Waals surface area (Å²) >= 11 is 1.67. The lowest BCUT2D eigenvalue weighted by atomic mass is 10.3. The van der Waals surface area contributed by atoms with E-state index in [1.165, 1.54) is 4.88 Å². The molecule has 2 aromatic rings. The zero-order chi connectivity index (χ0) is 12.8. The maximum absolute atomic E-state index is 5.81. The first kappa shape index (κ1) is 12.4. The number of rotatable bonds is 4. The molecule has 0 amide bonds. The second kappa shape index (κ2) is 6.07. The Morgan fingerprint density at radius 3 is 2.72 bits per heavy atom. The van der Waals surface area contributed by atoms with Gasteiger partial charge in [-0.3, -0.25) is 0 Å². The van der Waals surface area contributed by atoms with Gasteiger partial charge in [-0.25, -0.2) is 4.99 Å². The van der Waals surface area contributed by atoms with E-state index < -0.39 is 0 Å². The topological polar surface area (TPSA) is 59.6 Å². The van der Waals surface area contributed by atoms with Gasteiger partial charge in [0.15, 0.2) is 5.96 Å². The molecule has 0 fully saturated rings. The lowest BCUT2D eigenvalue weighted by molar-refractivity contribution is 0.415. The number of benzene rings is 1. The van der Waals surface area contributed by atoms with Gasteiger partial charge in [-0.2, -0.15) is 0 Å². The van der Waals surface area contributed by atoms with Crippen molar-refractivity contribution in [1.82, 2.24) is 0 Å². The Labute approximate surface area is 110 Å². The first-order valence-electron chi connectivity index (χ1n) is 5.51. The van der Waals surface area contributed by atoms with Crippen molar-refractivity contribution < 1.29 is 4.74 Å². The van der Waals surface area contributed by atoms with Crippen LogP contribution in [-0.4, -0.2) is 13.1 Å². The molecule has 0 atom stereocenters. The average molecular weight is 261 g/mol. The van der Waals surface area contributed by atoms with E-state index in [1.807, 2.05) is 41.8 Å². The van der Waals surface area contributed by atoms with Crippen molar-refractivity contribution in [3.05, 3.63) is 46.7 Å². The number of methoxy groups -OCH3 is 1. The molecule has 0 unspecified atom stereocenters. The Kier molecular flexibility index (Phi) is 4.20. The summed E-state index contributed by atoms with van der Waals surface area (Å²) in [6.45, 7) is 0.604. The Balaban J connectivity index is 1.93. The van der Waals surface area contributed by atoms with Gasteiger partial charge in [0.25, 0.3) is 0 Å². The number of nitrogens with two attached hydrogens (primary N) is 1. The average Bonchev–Trinajstić information content (AvgIpc) is 2.90. The molecule has 2 rings (SSSR count). The van der Waals surface area contributed by atoms with Crippen molar-refractivity contribution >= 4 is 23.0 Å². The van der Waals surface area contributed by atoms with Crippen molar-refractivity contribution in [3.8, 4) is 5.75 Å². The van der Waals surface area contributed by atoms with Crippen molar-refractivity contribution in [3.63, 3.8) is 0 Å². The fraction of sp³-hybridized carbons (Fsp3) is 0.154. The van der Waals surface area contributed by atoms with Crippen molar-refractivity contribution in [2.24, 2.45) is 10.7 Å². The predicted molar refractivity (Wildman–Crippen MR) is 76.3 cm³/mol. The van der Waals surface area contributed by atoms with Gasteiger partial charge in [-0.05, 0) is 35.7 Å². The molecule has 3 N–H and O–H groups in total.